The normalized spacial score (nSPS) is 17.2. The van der Waals surface area contributed by atoms with Crippen molar-refractivity contribution in [1.29, 1.82) is 0 Å². The van der Waals surface area contributed by atoms with Crippen molar-refractivity contribution in [3.8, 4) is 0 Å². The van der Waals surface area contributed by atoms with E-state index in [9.17, 15) is 14.0 Å². The number of aromatic amines is 1. The van der Waals surface area contributed by atoms with E-state index in [1.54, 1.807) is 30.0 Å². The van der Waals surface area contributed by atoms with Crippen LogP contribution >= 0.6 is 0 Å². The third-order valence-electron chi connectivity index (χ3n) is 5.84. The Kier molecular flexibility index (Phi) is 5.22. The molecule has 1 N–H and O–H groups in total. The maximum Gasteiger partial charge on any atom is 0.223 e. The standard InChI is InChI=1S/C24H25FN2O2.H2/c1-15(11-17-7-3-5-9-20(17)25)12-24(29)27-14-22-19(13-23(27)16(2)28)18-8-4-6-10-21(18)26-22;/h3-10,15,23,26H,11-14H2,1-2H3;1H/t15-,23-;/m1./s1. The Morgan fingerprint density at radius 3 is 2.69 bits per heavy atom. The third kappa shape index (κ3) is 3.82. The molecule has 1 aliphatic rings. The number of hydrogen-bond acceptors (Lipinski definition) is 2. The number of aromatic nitrogens is 1. The quantitative estimate of drug-likeness (QED) is 0.684. The Bertz CT molecular complexity index is 1080. The van der Waals surface area contributed by atoms with Gasteiger partial charge in [-0.1, -0.05) is 43.3 Å². The summed E-state index contributed by atoms with van der Waals surface area (Å²) in [6.07, 6.45) is 1.31. The zero-order valence-corrected chi connectivity index (χ0v) is 16.7. The number of fused-ring (bicyclic) bond motifs is 3. The third-order valence-corrected chi connectivity index (χ3v) is 5.84. The molecule has 0 saturated heterocycles. The number of halogens is 1. The fraction of sp³-hybridized carbons (Fsp3) is 0.333. The van der Waals surface area contributed by atoms with E-state index in [-0.39, 0.29) is 31.3 Å². The zero-order chi connectivity index (χ0) is 20.5. The van der Waals surface area contributed by atoms with Crippen LogP contribution in [0.3, 0.4) is 0 Å². The van der Waals surface area contributed by atoms with Gasteiger partial charge in [-0.2, -0.15) is 0 Å². The van der Waals surface area contributed by atoms with Gasteiger partial charge in [0, 0.05) is 30.9 Å². The molecule has 0 radical (unpaired) electrons. The highest BCUT2D eigenvalue weighted by molar-refractivity contribution is 5.91. The summed E-state index contributed by atoms with van der Waals surface area (Å²) in [7, 11) is 0. The minimum Gasteiger partial charge on any atom is -0.357 e. The molecule has 0 saturated carbocycles. The van der Waals surface area contributed by atoms with Crippen LogP contribution in [-0.2, 0) is 29.0 Å². The van der Waals surface area contributed by atoms with E-state index < -0.39 is 6.04 Å². The number of rotatable bonds is 5. The molecule has 1 aliphatic heterocycles. The first-order valence-corrected chi connectivity index (χ1v) is 10.1. The lowest BCUT2D eigenvalue weighted by molar-refractivity contribution is -0.141. The van der Waals surface area contributed by atoms with Gasteiger partial charge in [0.1, 0.15) is 5.82 Å². The molecule has 29 heavy (non-hydrogen) atoms. The van der Waals surface area contributed by atoms with Crippen LogP contribution in [0.2, 0.25) is 0 Å². The van der Waals surface area contributed by atoms with Crippen LogP contribution in [0.25, 0.3) is 10.9 Å². The highest BCUT2D eigenvalue weighted by atomic mass is 19.1. The molecule has 3 aromatic rings. The van der Waals surface area contributed by atoms with Crippen molar-refractivity contribution >= 4 is 22.6 Å². The van der Waals surface area contributed by atoms with Gasteiger partial charge in [0.25, 0.3) is 0 Å². The van der Waals surface area contributed by atoms with E-state index in [4.69, 9.17) is 0 Å². The number of carbonyl (C=O) groups is 2. The summed E-state index contributed by atoms with van der Waals surface area (Å²) in [4.78, 5) is 30.5. The summed E-state index contributed by atoms with van der Waals surface area (Å²) < 4.78 is 13.9. The molecule has 2 heterocycles. The number of para-hydroxylation sites is 1. The van der Waals surface area contributed by atoms with E-state index in [2.05, 4.69) is 11.1 Å². The molecule has 2 aromatic carbocycles. The minimum atomic E-state index is -0.449. The number of nitrogens with zero attached hydrogens (tertiary/aromatic N) is 1. The van der Waals surface area contributed by atoms with Crippen LogP contribution in [-0.4, -0.2) is 27.6 Å². The predicted octanol–water partition coefficient (Wildman–Crippen LogP) is 4.66. The van der Waals surface area contributed by atoms with Crippen molar-refractivity contribution in [2.75, 3.05) is 0 Å². The van der Waals surface area contributed by atoms with E-state index >= 15 is 0 Å². The largest absolute Gasteiger partial charge is 0.357 e. The van der Waals surface area contributed by atoms with Crippen LogP contribution in [0.5, 0.6) is 0 Å². The zero-order valence-electron chi connectivity index (χ0n) is 16.7. The first-order chi connectivity index (χ1) is 13.9. The molecule has 5 heteroatoms. The molecule has 0 bridgehead atoms. The number of amides is 1. The first-order valence-electron chi connectivity index (χ1n) is 10.1. The number of H-pyrrole nitrogens is 1. The Balaban J connectivity index is 0.00000256. The van der Waals surface area contributed by atoms with Crippen LogP contribution in [0.4, 0.5) is 4.39 Å². The van der Waals surface area contributed by atoms with Crippen molar-refractivity contribution in [2.24, 2.45) is 5.92 Å². The molecule has 4 rings (SSSR count). The van der Waals surface area contributed by atoms with Crippen molar-refractivity contribution in [2.45, 2.75) is 45.7 Å². The van der Waals surface area contributed by atoms with Gasteiger partial charge in [-0.15, -0.1) is 0 Å². The molecule has 0 spiro atoms. The number of nitrogens with one attached hydrogen (secondary N) is 1. The van der Waals surface area contributed by atoms with Crippen LogP contribution in [0, 0.1) is 11.7 Å². The topological polar surface area (TPSA) is 53.2 Å². The number of hydrogen-bond donors (Lipinski definition) is 1. The first kappa shape index (κ1) is 19.4. The number of ketones is 1. The van der Waals surface area contributed by atoms with Gasteiger partial charge in [0.05, 0.1) is 12.6 Å². The maximum absolute atomic E-state index is 13.9. The molecule has 4 nitrogen and oxygen atoms in total. The molecule has 1 amide bonds. The molecular formula is C24H27FN2O2. The Morgan fingerprint density at radius 1 is 1.21 bits per heavy atom. The lowest BCUT2D eigenvalue weighted by atomic mass is 9.92. The average Bonchev–Trinajstić information content (AvgIpc) is 3.06. The second kappa shape index (κ2) is 7.82. The molecular weight excluding hydrogens is 367 g/mol. The predicted molar refractivity (Wildman–Crippen MR) is 113 cm³/mol. The summed E-state index contributed by atoms with van der Waals surface area (Å²) in [5.41, 5.74) is 3.78. The van der Waals surface area contributed by atoms with E-state index in [0.717, 1.165) is 22.2 Å². The fourth-order valence-electron chi connectivity index (χ4n) is 4.36. The second-order valence-corrected chi connectivity index (χ2v) is 8.08. The van der Waals surface area contributed by atoms with Crippen LogP contribution in [0.1, 0.15) is 38.5 Å². The minimum absolute atomic E-state index is 0. The summed E-state index contributed by atoms with van der Waals surface area (Å²) >= 11 is 0. The van der Waals surface area contributed by atoms with E-state index in [0.29, 0.717) is 24.9 Å². The van der Waals surface area contributed by atoms with Crippen molar-refractivity contribution in [3.05, 3.63) is 71.2 Å². The maximum atomic E-state index is 13.9. The fourth-order valence-corrected chi connectivity index (χ4v) is 4.36. The molecule has 0 aliphatic carbocycles. The molecule has 0 fully saturated rings. The highest BCUT2D eigenvalue weighted by Crippen LogP contribution is 2.31. The second-order valence-electron chi connectivity index (χ2n) is 8.08. The monoisotopic (exact) mass is 394 g/mol. The molecule has 1 aromatic heterocycles. The van der Waals surface area contributed by atoms with E-state index in [1.165, 1.54) is 6.07 Å². The van der Waals surface area contributed by atoms with Gasteiger partial charge in [0.15, 0.2) is 5.78 Å². The SMILES string of the molecule is CC(=O)[C@H]1Cc2c([nH]c3ccccc23)CN1C(=O)C[C@H](C)Cc1ccccc1F.[HH]. The molecule has 0 unspecified atom stereocenters. The van der Waals surface area contributed by atoms with Crippen LogP contribution < -0.4 is 0 Å². The van der Waals surface area contributed by atoms with Crippen molar-refractivity contribution in [1.82, 2.24) is 9.88 Å². The van der Waals surface area contributed by atoms with Gasteiger partial charge in [-0.05, 0) is 42.5 Å². The van der Waals surface area contributed by atoms with Crippen molar-refractivity contribution in [3.63, 3.8) is 0 Å². The molecule has 2 atom stereocenters. The molecule has 152 valence electrons. The lowest BCUT2D eigenvalue weighted by Crippen LogP contribution is -2.48. The summed E-state index contributed by atoms with van der Waals surface area (Å²) in [6.45, 7) is 3.90. The summed E-state index contributed by atoms with van der Waals surface area (Å²) in [6, 6.07) is 14.2. The van der Waals surface area contributed by atoms with Gasteiger partial charge in [-0.25, -0.2) is 4.39 Å². The number of carbonyl (C=O) groups excluding carboxylic acids is 2. The summed E-state index contributed by atoms with van der Waals surface area (Å²) in [5, 5.41) is 1.12. The lowest BCUT2D eigenvalue weighted by Gasteiger charge is -2.35. The Hall–Kier alpha value is -2.95. The van der Waals surface area contributed by atoms with Gasteiger partial charge >= 0.3 is 0 Å². The van der Waals surface area contributed by atoms with Crippen LogP contribution in [0.15, 0.2) is 48.5 Å². The smallest absolute Gasteiger partial charge is 0.223 e. The Labute approximate surface area is 171 Å². The summed E-state index contributed by atoms with van der Waals surface area (Å²) in [5.74, 6) is -0.320. The van der Waals surface area contributed by atoms with E-state index in [1.807, 2.05) is 25.1 Å². The van der Waals surface area contributed by atoms with Crippen molar-refractivity contribution < 1.29 is 15.4 Å². The van der Waals surface area contributed by atoms with Gasteiger partial charge < -0.3 is 9.88 Å². The van der Waals surface area contributed by atoms with Gasteiger partial charge in [-0.3, -0.25) is 9.59 Å². The Morgan fingerprint density at radius 2 is 1.93 bits per heavy atom. The van der Waals surface area contributed by atoms with Gasteiger partial charge in [0.2, 0.25) is 5.91 Å². The highest BCUT2D eigenvalue weighted by Gasteiger charge is 2.34. The number of benzene rings is 2. The number of Topliss-reactive ketones (excluding diaryl/α,β-unsaturated/α-hetero) is 1. The average molecular weight is 394 g/mol.